The van der Waals surface area contributed by atoms with Crippen molar-refractivity contribution >= 4 is 11.9 Å². The van der Waals surface area contributed by atoms with Crippen molar-refractivity contribution in [2.75, 3.05) is 13.2 Å². The van der Waals surface area contributed by atoms with Gasteiger partial charge >= 0.3 is 18.1 Å². The molecule has 3 rings (SSSR count). The Hall–Kier alpha value is -1.31. The average Bonchev–Trinajstić information content (AvgIpc) is 2.23. The number of hydrogen-bond donors (Lipinski definition) is 2. The van der Waals surface area contributed by atoms with Crippen LogP contribution in [0.5, 0.6) is 0 Å². The smallest absolute Gasteiger partial charge is 0.471 e. The molecule has 18 heavy (non-hydrogen) atoms. The summed E-state index contributed by atoms with van der Waals surface area (Å²) in [5.74, 6) is -2.98. The Morgan fingerprint density at radius 1 is 1.33 bits per heavy atom. The van der Waals surface area contributed by atoms with Crippen LogP contribution in [0.25, 0.3) is 0 Å². The molecule has 2 saturated heterocycles. The van der Waals surface area contributed by atoms with E-state index in [9.17, 15) is 22.8 Å². The first kappa shape index (κ1) is 13.1. The van der Waals surface area contributed by atoms with Gasteiger partial charge in [-0.05, 0) is 19.3 Å². The maximum absolute atomic E-state index is 12.0. The van der Waals surface area contributed by atoms with Crippen molar-refractivity contribution in [3.8, 4) is 0 Å². The molecule has 0 aromatic rings. The quantitative estimate of drug-likeness (QED) is 0.788. The molecular formula is C10H12F3NO4. The summed E-state index contributed by atoms with van der Waals surface area (Å²) in [4.78, 5) is 21.7. The summed E-state index contributed by atoms with van der Waals surface area (Å²) in [7, 11) is 0. The molecule has 3 fully saturated rings. The van der Waals surface area contributed by atoms with Crippen molar-refractivity contribution in [3.05, 3.63) is 0 Å². The number of nitrogens with one attached hydrogen (secondary N) is 1. The van der Waals surface area contributed by atoms with E-state index in [1.165, 1.54) is 0 Å². The third-order valence-corrected chi connectivity index (χ3v) is 3.59. The zero-order valence-corrected chi connectivity index (χ0v) is 9.34. The molecule has 0 aromatic carbocycles. The second kappa shape index (κ2) is 3.84. The van der Waals surface area contributed by atoms with Crippen LogP contribution < -0.4 is 5.32 Å². The molecule has 0 unspecified atom stereocenters. The molecule has 2 N–H and O–H groups in total. The highest BCUT2D eigenvalue weighted by Crippen LogP contribution is 2.56. The largest absolute Gasteiger partial charge is 0.481 e. The highest BCUT2D eigenvalue weighted by molar-refractivity contribution is 5.82. The van der Waals surface area contributed by atoms with E-state index in [1.54, 1.807) is 5.32 Å². The number of rotatable bonds is 3. The Morgan fingerprint density at radius 3 is 2.44 bits per heavy atom. The van der Waals surface area contributed by atoms with E-state index < -0.39 is 29.1 Å². The van der Waals surface area contributed by atoms with Gasteiger partial charge in [0.05, 0.1) is 11.0 Å². The van der Waals surface area contributed by atoms with Gasteiger partial charge in [-0.15, -0.1) is 0 Å². The Labute approximate surface area is 100 Å². The van der Waals surface area contributed by atoms with E-state index in [2.05, 4.69) is 0 Å². The molecule has 1 aliphatic carbocycles. The molecule has 3 aliphatic rings. The minimum Gasteiger partial charge on any atom is -0.481 e. The third kappa shape index (κ3) is 2.05. The highest BCUT2D eigenvalue weighted by atomic mass is 19.4. The topological polar surface area (TPSA) is 75.6 Å². The number of carboxylic acid groups (broad SMARTS) is 1. The lowest BCUT2D eigenvalue weighted by molar-refractivity contribution is -0.231. The first-order valence-electron chi connectivity index (χ1n) is 5.42. The van der Waals surface area contributed by atoms with E-state index >= 15 is 0 Å². The normalized spacial score (nSPS) is 34.6. The molecule has 1 saturated carbocycles. The average molecular weight is 267 g/mol. The first-order valence-corrected chi connectivity index (χ1v) is 5.42. The zero-order chi connectivity index (χ0) is 13.6. The number of carbonyl (C=O) groups is 2. The molecule has 0 aromatic heterocycles. The number of halogens is 3. The summed E-state index contributed by atoms with van der Waals surface area (Å²) < 4.78 is 41.3. The lowest BCUT2D eigenvalue weighted by atomic mass is 9.55. The van der Waals surface area contributed by atoms with Crippen molar-refractivity contribution < 1.29 is 32.6 Å². The van der Waals surface area contributed by atoms with Crippen molar-refractivity contribution in [1.29, 1.82) is 0 Å². The van der Waals surface area contributed by atoms with Gasteiger partial charge in [0, 0.05) is 13.2 Å². The molecule has 0 radical (unpaired) electrons. The van der Waals surface area contributed by atoms with E-state index in [0.717, 1.165) is 0 Å². The van der Waals surface area contributed by atoms with Crippen LogP contribution in [-0.2, 0) is 14.3 Å². The number of hydrogen-bond acceptors (Lipinski definition) is 3. The van der Waals surface area contributed by atoms with E-state index in [-0.39, 0.29) is 26.0 Å². The Bertz CT molecular complexity index is 387. The van der Waals surface area contributed by atoms with Gasteiger partial charge in [-0.3, -0.25) is 9.59 Å². The molecule has 0 atom stereocenters. The van der Waals surface area contributed by atoms with Gasteiger partial charge in [0.2, 0.25) is 0 Å². The van der Waals surface area contributed by atoms with Gasteiger partial charge in [-0.1, -0.05) is 0 Å². The standard InChI is InChI=1S/C10H12F3NO4/c11-10(12,13)6(15)14-5-9-3-8(4-9,7(16)17)1-2-18-9/h1-5H2,(H,14,15)(H,16,17). The number of aliphatic carboxylic acids is 1. The zero-order valence-electron chi connectivity index (χ0n) is 9.34. The van der Waals surface area contributed by atoms with Crippen LogP contribution in [0.1, 0.15) is 19.3 Å². The van der Waals surface area contributed by atoms with Gasteiger partial charge in [-0.2, -0.15) is 13.2 Å². The molecular weight excluding hydrogens is 255 g/mol. The van der Waals surface area contributed by atoms with E-state index in [0.29, 0.717) is 6.42 Å². The van der Waals surface area contributed by atoms with Crippen molar-refractivity contribution in [2.24, 2.45) is 5.41 Å². The van der Waals surface area contributed by atoms with Gasteiger partial charge in [0.25, 0.3) is 0 Å². The number of alkyl halides is 3. The van der Waals surface area contributed by atoms with Crippen molar-refractivity contribution in [3.63, 3.8) is 0 Å². The fourth-order valence-electron chi connectivity index (χ4n) is 2.70. The number of carbonyl (C=O) groups excluding carboxylic acids is 1. The van der Waals surface area contributed by atoms with Gasteiger partial charge < -0.3 is 15.2 Å². The predicted octanol–water partition coefficient (Wildman–Crippen LogP) is 0.689. The number of carboxylic acids is 1. The van der Waals surface area contributed by atoms with Crippen LogP contribution >= 0.6 is 0 Å². The second-order valence-corrected chi connectivity index (χ2v) is 4.90. The minimum absolute atomic E-state index is 0.146. The monoisotopic (exact) mass is 267 g/mol. The molecule has 2 heterocycles. The number of fused-ring (bicyclic) bond motifs is 2. The van der Waals surface area contributed by atoms with Crippen LogP contribution in [0, 0.1) is 5.41 Å². The second-order valence-electron chi connectivity index (χ2n) is 4.90. The molecule has 2 bridgehead atoms. The molecule has 5 nitrogen and oxygen atoms in total. The lowest BCUT2D eigenvalue weighted by Gasteiger charge is -2.57. The van der Waals surface area contributed by atoms with Crippen LogP contribution in [0.4, 0.5) is 13.2 Å². The first-order chi connectivity index (χ1) is 8.19. The predicted molar refractivity (Wildman–Crippen MR) is 51.7 cm³/mol. The van der Waals surface area contributed by atoms with Crippen LogP contribution in [0.3, 0.4) is 0 Å². The maximum atomic E-state index is 12.0. The fraction of sp³-hybridized carbons (Fsp3) is 0.800. The molecule has 8 heteroatoms. The molecule has 0 spiro atoms. The highest BCUT2D eigenvalue weighted by Gasteiger charge is 2.63. The SMILES string of the molecule is O=C(NCC12CC(C(=O)O)(CCO1)C2)C(F)(F)F. The molecule has 1 amide bonds. The summed E-state index contributed by atoms with van der Waals surface area (Å²) in [5.41, 5.74) is -1.83. The summed E-state index contributed by atoms with van der Waals surface area (Å²) >= 11 is 0. The summed E-state index contributed by atoms with van der Waals surface area (Å²) in [6.45, 7) is -0.117. The van der Waals surface area contributed by atoms with Gasteiger partial charge in [0.15, 0.2) is 0 Å². The molecule has 102 valence electrons. The Kier molecular flexibility index (Phi) is 2.80. The Morgan fingerprint density at radius 2 is 1.94 bits per heavy atom. The van der Waals surface area contributed by atoms with Crippen molar-refractivity contribution in [1.82, 2.24) is 5.32 Å². The van der Waals surface area contributed by atoms with Crippen molar-refractivity contribution in [2.45, 2.75) is 31.0 Å². The van der Waals surface area contributed by atoms with Crippen LogP contribution in [-0.4, -0.2) is 41.9 Å². The third-order valence-electron chi connectivity index (χ3n) is 3.59. The summed E-state index contributed by atoms with van der Waals surface area (Å²) in [6.07, 6.45) is -4.28. The van der Waals surface area contributed by atoms with Gasteiger partial charge in [-0.25, -0.2) is 0 Å². The summed E-state index contributed by atoms with van der Waals surface area (Å²) in [6, 6.07) is 0. The number of amides is 1. The summed E-state index contributed by atoms with van der Waals surface area (Å²) in [5, 5.41) is 10.8. The van der Waals surface area contributed by atoms with Gasteiger partial charge in [0.1, 0.15) is 0 Å². The van der Waals surface area contributed by atoms with E-state index in [4.69, 9.17) is 9.84 Å². The lowest BCUT2D eigenvalue weighted by Crippen LogP contribution is -2.66. The maximum Gasteiger partial charge on any atom is 0.471 e. The van der Waals surface area contributed by atoms with Crippen LogP contribution in [0.2, 0.25) is 0 Å². The minimum atomic E-state index is -4.93. The van der Waals surface area contributed by atoms with E-state index in [1.807, 2.05) is 0 Å². The number of ether oxygens (including phenoxy) is 1. The fourth-order valence-corrected chi connectivity index (χ4v) is 2.70. The molecule has 2 aliphatic heterocycles. The van der Waals surface area contributed by atoms with Crippen LogP contribution in [0.15, 0.2) is 0 Å². The Balaban J connectivity index is 1.93.